The van der Waals surface area contributed by atoms with Crippen molar-refractivity contribution in [2.45, 2.75) is 19.9 Å². The number of hydrogen-bond acceptors (Lipinski definition) is 5. The molecule has 0 saturated heterocycles. The summed E-state index contributed by atoms with van der Waals surface area (Å²) >= 11 is 0. The minimum absolute atomic E-state index is 0.143. The van der Waals surface area contributed by atoms with E-state index in [9.17, 15) is 9.00 Å². The van der Waals surface area contributed by atoms with Gasteiger partial charge in [-0.05, 0) is 13.3 Å². The van der Waals surface area contributed by atoms with Crippen LogP contribution in [-0.2, 0) is 22.1 Å². The van der Waals surface area contributed by atoms with Gasteiger partial charge in [-0.2, -0.15) is 0 Å². The second-order valence-electron chi connectivity index (χ2n) is 3.52. The molecule has 0 radical (unpaired) electrons. The van der Waals surface area contributed by atoms with Crippen LogP contribution in [0.2, 0.25) is 0 Å². The molecule has 96 valence electrons. The molecule has 1 rings (SSSR count). The Bertz CT molecular complexity index is 417. The third kappa shape index (κ3) is 3.85. The highest BCUT2D eigenvalue weighted by Crippen LogP contribution is 2.12. The van der Waals surface area contributed by atoms with E-state index in [-0.39, 0.29) is 5.69 Å². The zero-order valence-electron chi connectivity index (χ0n) is 10.0. The molecule has 0 aliphatic carbocycles. The third-order valence-electron chi connectivity index (χ3n) is 2.18. The fourth-order valence-corrected chi connectivity index (χ4v) is 1.90. The van der Waals surface area contributed by atoms with Crippen LogP contribution in [0.4, 0.5) is 5.82 Å². The number of esters is 1. The van der Waals surface area contributed by atoms with Crippen LogP contribution in [0.1, 0.15) is 23.8 Å². The van der Waals surface area contributed by atoms with E-state index >= 15 is 0 Å². The van der Waals surface area contributed by atoms with E-state index in [4.69, 9.17) is 10.5 Å². The molecule has 0 spiro atoms. The van der Waals surface area contributed by atoms with Gasteiger partial charge in [0.15, 0.2) is 5.69 Å². The van der Waals surface area contributed by atoms with Crippen molar-refractivity contribution < 1.29 is 13.7 Å². The molecular weight excluding hydrogens is 242 g/mol. The second-order valence-corrected chi connectivity index (χ2v) is 5.08. The molecule has 1 unspecified atom stereocenters. The molecular formula is C10H17N3O3S. The number of hydrogen-bond donors (Lipinski definition) is 1. The van der Waals surface area contributed by atoms with E-state index in [0.717, 1.165) is 6.42 Å². The van der Waals surface area contributed by atoms with Gasteiger partial charge in [0, 0.05) is 29.4 Å². The number of carbonyl (C=O) groups excluding carboxylic acids is 1. The molecule has 0 saturated carbocycles. The Balaban J connectivity index is 2.63. The van der Waals surface area contributed by atoms with Crippen LogP contribution in [-0.4, -0.2) is 38.3 Å². The predicted octanol–water partition coefficient (Wildman–Crippen LogP) is 0.411. The Morgan fingerprint density at radius 1 is 1.65 bits per heavy atom. The normalized spacial score (nSPS) is 12.4. The lowest BCUT2D eigenvalue weighted by Gasteiger charge is -2.04. The molecule has 7 heteroatoms. The van der Waals surface area contributed by atoms with Crippen molar-refractivity contribution in [3.8, 4) is 0 Å². The van der Waals surface area contributed by atoms with E-state index in [0.29, 0.717) is 24.7 Å². The van der Waals surface area contributed by atoms with Crippen molar-refractivity contribution in [1.82, 2.24) is 9.55 Å². The van der Waals surface area contributed by atoms with E-state index in [1.165, 1.54) is 6.33 Å². The van der Waals surface area contributed by atoms with Crippen LogP contribution < -0.4 is 5.73 Å². The summed E-state index contributed by atoms with van der Waals surface area (Å²) in [6.07, 6.45) is 3.88. The van der Waals surface area contributed by atoms with Crippen LogP contribution in [0.5, 0.6) is 0 Å². The number of nitrogens with two attached hydrogens (primary N) is 1. The van der Waals surface area contributed by atoms with Crippen molar-refractivity contribution in [3.63, 3.8) is 0 Å². The third-order valence-corrected chi connectivity index (χ3v) is 3.04. The van der Waals surface area contributed by atoms with E-state index < -0.39 is 16.8 Å². The van der Waals surface area contributed by atoms with Crippen molar-refractivity contribution in [3.05, 3.63) is 12.0 Å². The quantitative estimate of drug-likeness (QED) is 0.748. The monoisotopic (exact) mass is 259 g/mol. The number of rotatable bonds is 6. The summed E-state index contributed by atoms with van der Waals surface area (Å²) in [5.41, 5.74) is 5.92. The largest absolute Gasteiger partial charge is 0.461 e. The van der Waals surface area contributed by atoms with E-state index in [1.54, 1.807) is 17.7 Å². The maximum absolute atomic E-state index is 11.4. The Kier molecular flexibility index (Phi) is 5.14. The average Bonchev–Trinajstić information content (AvgIpc) is 2.60. The number of imidazole rings is 1. The van der Waals surface area contributed by atoms with Crippen LogP contribution in [0.25, 0.3) is 0 Å². The molecule has 1 aromatic heterocycles. The molecule has 1 aromatic rings. The minimum Gasteiger partial charge on any atom is -0.461 e. The van der Waals surface area contributed by atoms with Gasteiger partial charge in [0.2, 0.25) is 0 Å². The Morgan fingerprint density at radius 3 is 2.94 bits per heavy atom. The van der Waals surface area contributed by atoms with Crippen LogP contribution >= 0.6 is 0 Å². The van der Waals surface area contributed by atoms with Crippen LogP contribution in [0.15, 0.2) is 6.33 Å². The number of nitrogen functional groups attached to an aromatic ring is 1. The lowest BCUT2D eigenvalue weighted by molar-refractivity contribution is 0.0521. The lowest BCUT2D eigenvalue weighted by Crippen LogP contribution is -2.10. The molecule has 1 heterocycles. The fraction of sp³-hybridized carbons (Fsp3) is 0.600. The summed E-state index contributed by atoms with van der Waals surface area (Å²) in [6.45, 7) is 2.61. The topological polar surface area (TPSA) is 87.2 Å². The van der Waals surface area contributed by atoms with Gasteiger partial charge in [-0.15, -0.1) is 0 Å². The van der Waals surface area contributed by atoms with Crippen LogP contribution in [0.3, 0.4) is 0 Å². The lowest BCUT2D eigenvalue weighted by atomic mass is 10.4. The van der Waals surface area contributed by atoms with E-state index in [1.807, 2.05) is 0 Å². The summed E-state index contributed by atoms with van der Waals surface area (Å²) in [5, 5.41) is 0. The van der Waals surface area contributed by atoms with Gasteiger partial charge < -0.3 is 15.0 Å². The SMILES string of the molecule is CCOC(=O)c1ncn(CCCS(C)=O)c1N. The van der Waals surface area contributed by atoms with Gasteiger partial charge >= 0.3 is 5.97 Å². The maximum Gasteiger partial charge on any atom is 0.360 e. The summed E-state index contributed by atoms with van der Waals surface area (Å²) in [5.74, 6) is 0.389. The standard InChI is InChI=1S/C10H17N3O3S/c1-3-16-10(14)8-9(11)13(7-12-8)5-4-6-17(2)15/h7H,3-6,11H2,1-2H3. The van der Waals surface area contributed by atoms with Gasteiger partial charge in [-0.3, -0.25) is 4.21 Å². The molecule has 0 aromatic carbocycles. The maximum atomic E-state index is 11.4. The molecule has 0 bridgehead atoms. The summed E-state index contributed by atoms with van der Waals surface area (Å²) in [7, 11) is -0.817. The Morgan fingerprint density at radius 2 is 2.35 bits per heavy atom. The summed E-state index contributed by atoms with van der Waals surface area (Å²) in [6, 6.07) is 0. The van der Waals surface area contributed by atoms with E-state index in [2.05, 4.69) is 4.98 Å². The first-order chi connectivity index (χ1) is 8.06. The average molecular weight is 259 g/mol. The van der Waals surface area contributed by atoms with Gasteiger partial charge in [-0.1, -0.05) is 0 Å². The Hall–Kier alpha value is -1.37. The zero-order chi connectivity index (χ0) is 12.8. The first kappa shape index (κ1) is 13.7. The summed E-state index contributed by atoms with van der Waals surface area (Å²) in [4.78, 5) is 15.4. The molecule has 0 fully saturated rings. The molecule has 17 heavy (non-hydrogen) atoms. The summed E-state index contributed by atoms with van der Waals surface area (Å²) < 4.78 is 17.4. The minimum atomic E-state index is -0.817. The number of carbonyl (C=O) groups is 1. The van der Waals surface area contributed by atoms with Crippen molar-refractivity contribution in [1.29, 1.82) is 0 Å². The second kappa shape index (κ2) is 6.39. The van der Waals surface area contributed by atoms with Crippen LogP contribution in [0, 0.1) is 0 Å². The molecule has 0 aliphatic rings. The molecule has 0 amide bonds. The van der Waals surface area contributed by atoms with Gasteiger partial charge in [0.25, 0.3) is 0 Å². The molecule has 2 N–H and O–H groups in total. The number of anilines is 1. The highest BCUT2D eigenvalue weighted by molar-refractivity contribution is 7.84. The number of aromatic nitrogens is 2. The number of ether oxygens (including phenoxy) is 1. The van der Waals surface area contributed by atoms with Crippen molar-refractivity contribution in [2.24, 2.45) is 0 Å². The van der Waals surface area contributed by atoms with Crippen molar-refractivity contribution >= 4 is 22.6 Å². The van der Waals surface area contributed by atoms with Crippen molar-refractivity contribution in [2.75, 3.05) is 24.3 Å². The predicted molar refractivity (Wildman–Crippen MR) is 66.1 cm³/mol. The smallest absolute Gasteiger partial charge is 0.360 e. The molecule has 0 aliphatic heterocycles. The first-order valence-corrected chi connectivity index (χ1v) is 7.06. The highest BCUT2D eigenvalue weighted by Gasteiger charge is 2.16. The Labute approximate surface area is 103 Å². The fourth-order valence-electron chi connectivity index (χ4n) is 1.36. The van der Waals surface area contributed by atoms with Gasteiger partial charge in [0.05, 0.1) is 12.9 Å². The zero-order valence-corrected chi connectivity index (χ0v) is 10.8. The highest BCUT2D eigenvalue weighted by atomic mass is 32.2. The number of nitrogens with zero attached hydrogens (tertiary/aromatic N) is 2. The molecule has 6 nitrogen and oxygen atoms in total. The molecule has 1 atom stereocenters. The number of aryl methyl sites for hydroxylation is 1. The van der Waals surface area contributed by atoms with Gasteiger partial charge in [-0.25, -0.2) is 9.78 Å². The first-order valence-electron chi connectivity index (χ1n) is 5.34. The van der Waals surface area contributed by atoms with Gasteiger partial charge in [0.1, 0.15) is 5.82 Å².